The Labute approximate surface area is 125 Å². The number of halogens is 7. The average molecular weight is 341 g/mol. The fraction of sp³-hybridized carbons (Fsp3) is 0.308. The van der Waals surface area contributed by atoms with E-state index >= 15 is 0 Å². The van der Waals surface area contributed by atoms with Crippen LogP contribution in [0.2, 0.25) is 0 Å². The van der Waals surface area contributed by atoms with E-state index in [4.69, 9.17) is 0 Å². The van der Waals surface area contributed by atoms with Crippen molar-refractivity contribution in [3.05, 3.63) is 36.0 Å². The molecule has 1 heterocycles. The summed E-state index contributed by atoms with van der Waals surface area (Å²) in [7, 11) is 1.65. The van der Waals surface area contributed by atoms with Crippen molar-refractivity contribution in [3.8, 4) is 0 Å². The molecule has 1 aromatic carbocycles. The summed E-state index contributed by atoms with van der Waals surface area (Å²) >= 11 is 0. The van der Waals surface area contributed by atoms with Crippen LogP contribution in [-0.2, 0) is 7.05 Å². The maximum absolute atomic E-state index is 13.0. The summed E-state index contributed by atoms with van der Waals surface area (Å²) in [6.07, 6.45) is -4.18. The standard InChI is InChI=1S/C13H10F7N3/c1-23-7-8(9-4-2-3-5-10(9)23)6-21-22-13(19,20)11(14,15)12(16,17)18/h2-7,22H,1H3/b21-6-. The summed E-state index contributed by atoms with van der Waals surface area (Å²) < 4.78 is 88.9. The molecule has 23 heavy (non-hydrogen) atoms. The van der Waals surface area contributed by atoms with Crippen molar-refractivity contribution < 1.29 is 30.7 Å². The molecule has 0 atom stereocenters. The lowest BCUT2D eigenvalue weighted by Gasteiger charge is -2.27. The van der Waals surface area contributed by atoms with Gasteiger partial charge in [0.15, 0.2) is 0 Å². The molecule has 0 saturated heterocycles. The predicted molar refractivity (Wildman–Crippen MR) is 69.6 cm³/mol. The molecule has 3 nitrogen and oxygen atoms in total. The van der Waals surface area contributed by atoms with Gasteiger partial charge in [0, 0.05) is 29.7 Å². The van der Waals surface area contributed by atoms with Gasteiger partial charge in [0.25, 0.3) is 0 Å². The van der Waals surface area contributed by atoms with Crippen molar-refractivity contribution in [3.63, 3.8) is 0 Å². The molecule has 0 saturated carbocycles. The quantitative estimate of drug-likeness (QED) is 0.389. The highest BCUT2D eigenvalue weighted by molar-refractivity contribution is 5.99. The average Bonchev–Trinajstić information content (AvgIpc) is 2.75. The first-order valence-corrected chi connectivity index (χ1v) is 6.14. The molecule has 1 aromatic heterocycles. The Morgan fingerprint density at radius 1 is 1.04 bits per heavy atom. The third kappa shape index (κ3) is 2.97. The topological polar surface area (TPSA) is 29.3 Å². The van der Waals surface area contributed by atoms with E-state index in [0.29, 0.717) is 16.3 Å². The van der Waals surface area contributed by atoms with Crippen LogP contribution < -0.4 is 5.43 Å². The lowest BCUT2D eigenvalue weighted by atomic mass is 10.2. The van der Waals surface area contributed by atoms with Crippen LogP contribution in [0.5, 0.6) is 0 Å². The van der Waals surface area contributed by atoms with Gasteiger partial charge in [-0.3, -0.25) is 0 Å². The first kappa shape index (κ1) is 17.1. The molecule has 0 bridgehead atoms. The minimum absolute atomic E-state index is 0.279. The van der Waals surface area contributed by atoms with Gasteiger partial charge >= 0.3 is 18.1 Å². The second-order valence-electron chi connectivity index (χ2n) is 4.73. The number of nitrogens with zero attached hydrogens (tertiary/aromatic N) is 2. The lowest BCUT2D eigenvalue weighted by molar-refractivity contribution is -0.361. The number of nitrogens with one attached hydrogen (secondary N) is 1. The van der Waals surface area contributed by atoms with E-state index in [1.807, 2.05) is 0 Å². The summed E-state index contributed by atoms with van der Waals surface area (Å²) in [6.45, 7) is 0. The van der Waals surface area contributed by atoms with Gasteiger partial charge in [-0.2, -0.15) is 35.8 Å². The Kier molecular flexibility index (Phi) is 4.03. The van der Waals surface area contributed by atoms with Crippen molar-refractivity contribution in [1.29, 1.82) is 0 Å². The predicted octanol–water partition coefficient (Wildman–Crippen LogP) is 3.89. The van der Waals surface area contributed by atoms with Crippen LogP contribution >= 0.6 is 0 Å². The van der Waals surface area contributed by atoms with E-state index in [-0.39, 0.29) is 5.56 Å². The second kappa shape index (κ2) is 5.43. The highest BCUT2D eigenvalue weighted by Crippen LogP contribution is 2.44. The summed E-state index contributed by atoms with van der Waals surface area (Å²) in [5, 5.41) is 3.41. The molecule has 0 radical (unpaired) electrons. The number of alkyl halides is 7. The van der Waals surface area contributed by atoms with Gasteiger partial charge in [-0.15, -0.1) is 0 Å². The van der Waals surface area contributed by atoms with Crippen LogP contribution in [0.4, 0.5) is 30.7 Å². The van der Waals surface area contributed by atoms with E-state index < -0.39 is 18.1 Å². The fourth-order valence-electron chi connectivity index (χ4n) is 1.91. The number of hydrogen-bond acceptors (Lipinski definition) is 2. The zero-order valence-electron chi connectivity index (χ0n) is 11.5. The number of hydrogen-bond donors (Lipinski definition) is 1. The number of fused-ring (bicyclic) bond motifs is 1. The van der Waals surface area contributed by atoms with Gasteiger partial charge in [0.1, 0.15) is 0 Å². The minimum Gasteiger partial charge on any atom is -0.350 e. The number of para-hydroxylation sites is 1. The largest absolute Gasteiger partial charge is 0.462 e. The fourth-order valence-corrected chi connectivity index (χ4v) is 1.91. The summed E-state index contributed by atoms with van der Waals surface area (Å²) in [6, 6.07) is 1.14. The first-order valence-electron chi connectivity index (χ1n) is 6.14. The van der Waals surface area contributed by atoms with Gasteiger partial charge in [-0.25, -0.2) is 5.43 Å². The van der Waals surface area contributed by atoms with Gasteiger partial charge in [0.2, 0.25) is 0 Å². The van der Waals surface area contributed by atoms with Crippen molar-refractivity contribution in [2.45, 2.75) is 18.1 Å². The number of benzene rings is 1. The van der Waals surface area contributed by atoms with E-state index in [9.17, 15) is 30.7 Å². The normalized spacial score (nSPS) is 13.9. The molecule has 2 rings (SSSR count). The molecule has 0 aliphatic rings. The van der Waals surface area contributed by atoms with E-state index in [1.54, 1.807) is 35.9 Å². The SMILES string of the molecule is Cn1cc(/C=N\NC(F)(F)C(F)(F)C(F)(F)F)c2ccccc21. The van der Waals surface area contributed by atoms with E-state index in [2.05, 4.69) is 5.10 Å². The van der Waals surface area contributed by atoms with Crippen LogP contribution in [0.1, 0.15) is 5.56 Å². The van der Waals surface area contributed by atoms with Crippen molar-refractivity contribution in [1.82, 2.24) is 9.99 Å². The monoisotopic (exact) mass is 341 g/mol. The summed E-state index contributed by atoms with van der Waals surface area (Å²) in [4.78, 5) is 0. The number of aromatic nitrogens is 1. The molecule has 0 spiro atoms. The maximum Gasteiger partial charge on any atom is 0.462 e. The van der Waals surface area contributed by atoms with E-state index in [1.165, 1.54) is 6.20 Å². The third-order valence-corrected chi connectivity index (χ3v) is 3.09. The third-order valence-electron chi connectivity index (χ3n) is 3.09. The van der Waals surface area contributed by atoms with Crippen molar-refractivity contribution in [2.75, 3.05) is 0 Å². The lowest BCUT2D eigenvalue weighted by Crippen LogP contribution is -2.58. The van der Waals surface area contributed by atoms with Gasteiger partial charge in [-0.05, 0) is 6.07 Å². The Hall–Kier alpha value is -2.26. The first-order chi connectivity index (χ1) is 10.5. The second-order valence-corrected chi connectivity index (χ2v) is 4.73. The summed E-state index contributed by atoms with van der Waals surface area (Å²) in [5.41, 5.74) is 1.57. The molecule has 0 aliphatic heterocycles. The molecule has 0 amide bonds. The molecule has 0 unspecified atom stereocenters. The zero-order chi connectivity index (χ0) is 17.5. The van der Waals surface area contributed by atoms with Gasteiger partial charge in [0.05, 0.1) is 6.21 Å². The molecular formula is C13H10F7N3. The van der Waals surface area contributed by atoms with Crippen molar-refractivity contribution >= 4 is 17.1 Å². The molecular weight excluding hydrogens is 331 g/mol. The van der Waals surface area contributed by atoms with Gasteiger partial charge < -0.3 is 4.57 Å². The number of aryl methyl sites for hydroxylation is 1. The Morgan fingerprint density at radius 2 is 1.65 bits per heavy atom. The molecule has 10 heteroatoms. The van der Waals surface area contributed by atoms with E-state index in [0.717, 1.165) is 6.21 Å². The highest BCUT2D eigenvalue weighted by Gasteiger charge is 2.73. The van der Waals surface area contributed by atoms with Crippen LogP contribution in [0, 0.1) is 0 Å². The van der Waals surface area contributed by atoms with Crippen molar-refractivity contribution in [2.24, 2.45) is 12.1 Å². The van der Waals surface area contributed by atoms with Crippen LogP contribution in [-0.4, -0.2) is 28.9 Å². The van der Waals surface area contributed by atoms with Crippen LogP contribution in [0.25, 0.3) is 10.9 Å². The molecule has 0 fully saturated rings. The Bertz CT molecular complexity index is 731. The Balaban J connectivity index is 2.24. The smallest absolute Gasteiger partial charge is 0.350 e. The zero-order valence-corrected chi connectivity index (χ0v) is 11.5. The summed E-state index contributed by atoms with van der Waals surface area (Å²) in [5.74, 6) is -6.25. The number of rotatable bonds is 4. The van der Waals surface area contributed by atoms with Gasteiger partial charge in [-0.1, -0.05) is 18.2 Å². The minimum atomic E-state index is -6.40. The molecule has 126 valence electrons. The number of hydrazone groups is 1. The maximum atomic E-state index is 13.0. The van der Waals surface area contributed by atoms with Crippen LogP contribution in [0.15, 0.2) is 35.6 Å². The highest BCUT2D eigenvalue weighted by atomic mass is 19.4. The Morgan fingerprint density at radius 3 is 2.26 bits per heavy atom. The molecule has 0 aliphatic carbocycles. The molecule has 1 N–H and O–H groups in total. The van der Waals surface area contributed by atoms with Crippen LogP contribution in [0.3, 0.4) is 0 Å². The molecule has 2 aromatic rings.